The highest BCUT2D eigenvalue weighted by molar-refractivity contribution is 7.09. The molecule has 0 spiro atoms. The molecule has 0 atom stereocenters. The van der Waals surface area contributed by atoms with Crippen LogP contribution in [0.1, 0.15) is 16.3 Å². The Morgan fingerprint density at radius 1 is 1.50 bits per heavy atom. The van der Waals surface area contributed by atoms with Crippen molar-refractivity contribution in [1.82, 2.24) is 10.4 Å². The van der Waals surface area contributed by atoms with Gasteiger partial charge in [0.1, 0.15) is 5.01 Å². The van der Waals surface area contributed by atoms with Crippen molar-refractivity contribution in [3.63, 3.8) is 0 Å². The summed E-state index contributed by atoms with van der Waals surface area (Å²) in [6.07, 6.45) is 1.67. The van der Waals surface area contributed by atoms with Crippen LogP contribution in [0.2, 0.25) is 10.0 Å². The van der Waals surface area contributed by atoms with Gasteiger partial charge in [0.05, 0.1) is 22.7 Å². The van der Waals surface area contributed by atoms with Crippen molar-refractivity contribution < 1.29 is 4.79 Å². The molecule has 1 amide bonds. The number of thiazole rings is 1. The molecule has 0 unspecified atom stereocenters. The molecule has 0 saturated carbocycles. The first-order valence-corrected chi connectivity index (χ1v) is 7.36. The molecule has 0 saturated heterocycles. The van der Waals surface area contributed by atoms with E-state index in [1.54, 1.807) is 18.2 Å². The van der Waals surface area contributed by atoms with Gasteiger partial charge < -0.3 is 0 Å². The SMILES string of the molecule is Cc1csc(CC(=O)N/N=C\c2cccc(Cl)c2Cl)n1. The van der Waals surface area contributed by atoms with Crippen LogP contribution in [0.25, 0.3) is 0 Å². The molecule has 104 valence electrons. The minimum atomic E-state index is -0.228. The summed E-state index contributed by atoms with van der Waals surface area (Å²) in [6, 6.07) is 5.20. The van der Waals surface area contributed by atoms with Crippen molar-refractivity contribution in [3.8, 4) is 0 Å². The van der Waals surface area contributed by atoms with Gasteiger partial charge in [-0.1, -0.05) is 35.3 Å². The number of hydrazone groups is 1. The number of nitrogens with zero attached hydrogens (tertiary/aromatic N) is 2. The summed E-state index contributed by atoms with van der Waals surface area (Å²) in [5, 5.41) is 7.37. The Morgan fingerprint density at radius 2 is 2.30 bits per heavy atom. The molecule has 1 heterocycles. The standard InChI is InChI=1S/C13H11Cl2N3OS/c1-8-7-20-12(17-8)5-11(19)18-16-6-9-3-2-4-10(14)13(9)15/h2-4,6-7H,5H2,1H3,(H,18,19)/b16-6-. The first-order chi connectivity index (χ1) is 9.56. The Bertz CT molecular complexity index is 655. The number of rotatable bonds is 4. The summed E-state index contributed by atoms with van der Waals surface area (Å²) < 4.78 is 0. The molecule has 4 nitrogen and oxygen atoms in total. The maximum atomic E-state index is 11.6. The molecule has 7 heteroatoms. The summed E-state index contributed by atoms with van der Waals surface area (Å²) in [6.45, 7) is 1.89. The Morgan fingerprint density at radius 3 is 3.00 bits per heavy atom. The van der Waals surface area contributed by atoms with E-state index in [4.69, 9.17) is 23.2 Å². The number of nitrogens with one attached hydrogen (secondary N) is 1. The lowest BCUT2D eigenvalue weighted by Gasteiger charge is -2.00. The number of hydrogen-bond donors (Lipinski definition) is 1. The second kappa shape index (κ2) is 6.83. The molecular weight excluding hydrogens is 317 g/mol. The van der Waals surface area contributed by atoms with Gasteiger partial charge >= 0.3 is 0 Å². The second-order valence-electron chi connectivity index (χ2n) is 4.00. The van der Waals surface area contributed by atoms with E-state index in [1.165, 1.54) is 17.6 Å². The van der Waals surface area contributed by atoms with Gasteiger partial charge in [0, 0.05) is 16.6 Å². The lowest BCUT2D eigenvalue weighted by atomic mass is 10.2. The first-order valence-electron chi connectivity index (χ1n) is 5.73. The van der Waals surface area contributed by atoms with Gasteiger partial charge in [0.2, 0.25) is 5.91 Å². The average Bonchev–Trinajstić information content (AvgIpc) is 2.80. The van der Waals surface area contributed by atoms with E-state index < -0.39 is 0 Å². The number of hydrogen-bond acceptors (Lipinski definition) is 4. The average molecular weight is 328 g/mol. The molecule has 2 rings (SSSR count). The number of carbonyl (C=O) groups excluding carboxylic acids is 1. The van der Waals surface area contributed by atoms with Crippen LogP contribution >= 0.6 is 34.5 Å². The highest BCUT2D eigenvalue weighted by Crippen LogP contribution is 2.24. The van der Waals surface area contributed by atoms with Crippen LogP contribution < -0.4 is 5.43 Å². The molecule has 0 radical (unpaired) electrons. The van der Waals surface area contributed by atoms with E-state index in [2.05, 4.69) is 15.5 Å². The molecule has 0 aliphatic rings. The van der Waals surface area contributed by atoms with Gasteiger partial charge in [-0.05, 0) is 13.0 Å². The predicted molar refractivity (Wildman–Crippen MR) is 82.8 cm³/mol. The fourth-order valence-corrected chi connectivity index (χ4v) is 2.58. The van der Waals surface area contributed by atoms with E-state index >= 15 is 0 Å². The van der Waals surface area contributed by atoms with Gasteiger partial charge in [-0.2, -0.15) is 5.10 Å². The number of aryl methyl sites for hydroxylation is 1. The summed E-state index contributed by atoms with van der Waals surface area (Å²) in [7, 11) is 0. The van der Waals surface area contributed by atoms with Crippen LogP contribution in [-0.4, -0.2) is 17.1 Å². The van der Waals surface area contributed by atoms with Crippen LogP contribution in [0.4, 0.5) is 0 Å². The third kappa shape index (κ3) is 4.03. The van der Waals surface area contributed by atoms with Crippen molar-refractivity contribution in [3.05, 3.63) is 49.9 Å². The minimum Gasteiger partial charge on any atom is -0.273 e. The largest absolute Gasteiger partial charge is 0.273 e. The summed E-state index contributed by atoms with van der Waals surface area (Å²) in [5.41, 5.74) is 3.98. The summed E-state index contributed by atoms with van der Waals surface area (Å²) in [5.74, 6) is -0.228. The van der Waals surface area contributed by atoms with Gasteiger partial charge in [-0.15, -0.1) is 11.3 Å². The zero-order valence-electron chi connectivity index (χ0n) is 10.6. The van der Waals surface area contributed by atoms with Crippen LogP contribution in [0.5, 0.6) is 0 Å². The molecule has 1 N–H and O–H groups in total. The molecule has 0 aliphatic carbocycles. The number of benzene rings is 1. The summed E-state index contributed by atoms with van der Waals surface area (Å²) in [4.78, 5) is 15.9. The molecular formula is C13H11Cl2N3OS. The van der Waals surface area contributed by atoms with Crippen LogP contribution in [-0.2, 0) is 11.2 Å². The van der Waals surface area contributed by atoms with Crippen molar-refractivity contribution in [1.29, 1.82) is 0 Å². The van der Waals surface area contributed by atoms with Crippen molar-refractivity contribution in [2.24, 2.45) is 5.10 Å². The van der Waals surface area contributed by atoms with Crippen LogP contribution in [0.15, 0.2) is 28.7 Å². The number of halogens is 2. The van der Waals surface area contributed by atoms with E-state index in [0.717, 1.165) is 10.7 Å². The number of carbonyl (C=O) groups is 1. The quantitative estimate of drug-likeness (QED) is 0.690. The maximum absolute atomic E-state index is 11.6. The highest BCUT2D eigenvalue weighted by Gasteiger charge is 2.06. The monoisotopic (exact) mass is 327 g/mol. The first kappa shape index (κ1) is 15.0. The lowest BCUT2D eigenvalue weighted by molar-refractivity contribution is -0.120. The van der Waals surface area contributed by atoms with Crippen LogP contribution in [0.3, 0.4) is 0 Å². The van der Waals surface area contributed by atoms with Crippen molar-refractivity contribution in [2.75, 3.05) is 0 Å². The molecule has 0 fully saturated rings. The van der Waals surface area contributed by atoms with Crippen LogP contribution in [0, 0.1) is 6.92 Å². The zero-order valence-corrected chi connectivity index (χ0v) is 12.9. The zero-order chi connectivity index (χ0) is 14.5. The fraction of sp³-hybridized carbons (Fsp3) is 0.154. The van der Waals surface area contributed by atoms with E-state index in [0.29, 0.717) is 15.6 Å². The van der Waals surface area contributed by atoms with E-state index in [1.807, 2.05) is 12.3 Å². The summed E-state index contributed by atoms with van der Waals surface area (Å²) >= 11 is 13.3. The smallest absolute Gasteiger partial charge is 0.246 e. The van der Waals surface area contributed by atoms with Crippen molar-refractivity contribution >= 4 is 46.7 Å². The second-order valence-corrected chi connectivity index (χ2v) is 5.72. The molecule has 0 bridgehead atoms. The van der Waals surface area contributed by atoms with Gasteiger partial charge in [0.15, 0.2) is 0 Å². The van der Waals surface area contributed by atoms with Gasteiger partial charge in [-0.3, -0.25) is 4.79 Å². The number of aromatic nitrogens is 1. The molecule has 0 aliphatic heterocycles. The Labute approximate surface area is 130 Å². The predicted octanol–water partition coefficient (Wildman–Crippen LogP) is 3.45. The lowest BCUT2D eigenvalue weighted by Crippen LogP contribution is -2.19. The highest BCUT2D eigenvalue weighted by atomic mass is 35.5. The third-order valence-electron chi connectivity index (χ3n) is 2.35. The molecule has 1 aromatic heterocycles. The molecule has 2 aromatic rings. The topological polar surface area (TPSA) is 54.4 Å². The molecule has 1 aromatic carbocycles. The van der Waals surface area contributed by atoms with Gasteiger partial charge in [-0.25, -0.2) is 10.4 Å². The maximum Gasteiger partial charge on any atom is 0.246 e. The van der Waals surface area contributed by atoms with E-state index in [9.17, 15) is 4.79 Å². The van der Waals surface area contributed by atoms with E-state index in [-0.39, 0.29) is 12.3 Å². The third-order valence-corrected chi connectivity index (χ3v) is 4.15. The Hall–Kier alpha value is -1.43. The molecule has 20 heavy (non-hydrogen) atoms. The number of amides is 1. The minimum absolute atomic E-state index is 0.207. The normalized spacial score (nSPS) is 10.9. The fourth-order valence-electron chi connectivity index (χ4n) is 1.45. The Kier molecular flexibility index (Phi) is 5.11. The van der Waals surface area contributed by atoms with Gasteiger partial charge in [0.25, 0.3) is 0 Å². The Balaban J connectivity index is 1.93. The van der Waals surface area contributed by atoms with Crippen molar-refractivity contribution in [2.45, 2.75) is 13.3 Å².